The lowest BCUT2D eigenvalue weighted by Crippen LogP contribution is -2.32. The molecule has 2 aromatic carbocycles. The van der Waals surface area contributed by atoms with Gasteiger partial charge in [-0.05, 0) is 30.7 Å². The van der Waals surface area contributed by atoms with Crippen LogP contribution in [0.5, 0.6) is 0 Å². The molecular weight excluding hydrogens is 328 g/mol. The first-order chi connectivity index (χ1) is 12.0. The van der Waals surface area contributed by atoms with E-state index >= 15 is 0 Å². The Bertz CT molecular complexity index is 865. The summed E-state index contributed by atoms with van der Waals surface area (Å²) in [5, 5.41) is 15.9. The molecule has 0 saturated heterocycles. The summed E-state index contributed by atoms with van der Waals surface area (Å²) in [5.41, 5.74) is 1.81. The molecule has 3 rings (SSSR count). The molecule has 0 aliphatic heterocycles. The van der Waals surface area contributed by atoms with Gasteiger partial charge in [-0.15, -0.1) is 10.2 Å². The first kappa shape index (κ1) is 16.7. The Morgan fingerprint density at radius 3 is 2.64 bits per heavy atom. The molecule has 1 aromatic heterocycles. The van der Waals surface area contributed by atoms with Gasteiger partial charge in [0.2, 0.25) is 11.7 Å². The van der Waals surface area contributed by atoms with Gasteiger partial charge in [0.1, 0.15) is 17.7 Å². The Labute approximate surface area is 142 Å². The highest BCUT2D eigenvalue weighted by atomic mass is 19.1. The predicted octanol–water partition coefficient (Wildman–Crippen LogP) is 2.23. The van der Waals surface area contributed by atoms with Crippen molar-refractivity contribution in [3.63, 3.8) is 0 Å². The number of hydrogen-bond acceptors (Lipinski definition) is 4. The fourth-order valence-electron chi connectivity index (χ4n) is 2.41. The maximum Gasteiger partial charge on any atom is 0.225 e. The third-order valence-electron chi connectivity index (χ3n) is 3.68. The number of H-pyrrole nitrogens is 1. The Hall–Kier alpha value is -3.16. The molecule has 1 amide bonds. The number of tetrazole rings is 1. The maximum absolute atomic E-state index is 14.1. The van der Waals surface area contributed by atoms with E-state index < -0.39 is 17.7 Å². The van der Waals surface area contributed by atoms with Crippen molar-refractivity contribution < 1.29 is 13.6 Å². The second kappa shape index (κ2) is 7.16. The lowest BCUT2D eigenvalue weighted by molar-refractivity contribution is -0.121. The molecule has 1 unspecified atom stereocenters. The summed E-state index contributed by atoms with van der Waals surface area (Å²) in [5.74, 6) is -1.63. The molecule has 1 heterocycles. The highest BCUT2D eigenvalue weighted by Crippen LogP contribution is 2.22. The van der Waals surface area contributed by atoms with Gasteiger partial charge in [0, 0.05) is 5.56 Å². The van der Waals surface area contributed by atoms with E-state index in [0.29, 0.717) is 0 Å². The van der Waals surface area contributed by atoms with E-state index in [2.05, 4.69) is 25.9 Å². The normalized spacial score (nSPS) is 12.0. The Morgan fingerprint density at radius 1 is 1.20 bits per heavy atom. The number of nitrogens with zero attached hydrogens (tertiary/aromatic N) is 3. The zero-order valence-corrected chi connectivity index (χ0v) is 13.3. The van der Waals surface area contributed by atoms with Gasteiger partial charge in [0.15, 0.2) is 0 Å². The number of aromatic amines is 1. The molecule has 0 fully saturated rings. The topological polar surface area (TPSA) is 83.6 Å². The highest BCUT2D eigenvalue weighted by molar-refractivity contribution is 5.79. The largest absolute Gasteiger partial charge is 0.341 e. The summed E-state index contributed by atoms with van der Waals surface area (Å²) in [6, 6.07) is 9.40. The fraction of sp³-hybridized carbons (Fsp3) is 0.176. The van der Waals surface area contributed by atoms with Gasteiger partial charge in [-0.25, -0.2) is 8.78 Å². The molecule has 0 aliphatic carbocycles. The second-order valence-corrected chi connectivity index (χ2v) is 5.60. The van der Waals surface area contributed by atoms with Gasteiger partial charge in [-0.1, -0.05) is 35.0 Å². The average molecular weight is 343 g/mol. The third-order valence-corrected chi connectivity index (χ3v) is 3.68. The minimum absolute atomic E-state index is 0.0433. The van der Waals surface area contributed by atoms with Crippen LogP contribution < -0.4 is 5.32 Å². The number of hydrogen-bond donors (Lipinski definition) is 2. The van der Waals surface area contributed by atoms with Crippen LogP contribution in [0.2, 0.25) is 0 Å². The van der Waals surface area contributed by atoms with Gasteiger partial charge < -0.3 is 5.32 Å². The molecule has 0 radical (unpaired) electrons. The molecular formula is C17H15F2N5O. The highest BCUT2D eigenvalue weighted by Gasteiger charge is 2.24. The fourth-order valence-corrected chi connectivity index (χ4v) is 2.41. The summed E-state index contributed by atoms with van der Waals surface area (Å²) in [6.45, 7) is 1.95. The van der Waals surface area contributed by atoms with E-state index in [4.69, 9.17) is 0 Å². The number of halogens is 2. The molecule has 2 N–H and O–H groups in total. The van der Waals surface area contributed by atoms with E-state index in [9.17, 15) is 13.6 Å². The number of nitrogens with one attached hydrogen (secondary N) is 2. The van der Waals surface area contributed by atoms with E-state index in [1.54, 1.807) is 0 Å². The summed E-state index contributed by atoms with van der Waals surface area (Å²) >= 11 is 0. The maximum atomic E-state index is 14.1. The van der Waals surface area contributed by atoms with Crippen LogP contribution in [-0.4, -0.2) is 26.5 Å². The number of carbonyl (C=O) groups excluding carboxylic acids is 1. The van der Waals surface area contributed by atoms with Crippen molar-refractivity contribution >= 4 is 5.91 Å². The monoisotopic (exact) mass is 343 g/mol. The molecule has 0 saturated carbocycles. The number of aromatic nitrogens is 4. The molecule has 8 heteroatoms. The first-order valence-corrected chi connectivity index (χ1v) is 7.56. The zero-order chi connectivity index (χ0) is 17.8. The number of carbonyl (C=O) groups is 1. The van der Waals surface area contributed by atoms with Crippen molar-refractivity contribution in [3.05, 3.63) is 76.6 Å². The van der Waals surface area contributed by atoms with Crippen molar-refractivity contribution in [2.75, 3.05) is 0 Å². The van der Waals surface area contributed by atoms with Crippen molar-refractivity contribution in [3.8, 4) is 0 Å². The second-order valence-electron chi connectivity index (χ2n) is 5.60. The van der Waals surface area contributed by atoms with Crippen LogP contribution in [0.15, 0.2) is 42.5 Å². The summed E-state index contributed by atoms with van der Waals surface area (Å²) in [6.07, 6.45) is 0.0889. The van der Waals surface area contributed by atoms with Crippen LogP contribution in [-0.2, 0) is 11.2 Å². The summed E-state index contributed by atoms with van der Waals surface area (Å²) < 4.78 is 27.7. The lowest BCUT2D eigenvalue weighted by Gasteiger charge is -2.17. The molecule has 6 nitrogen and oxygen atoms in total. The lowest BCUT2D eigenvalue weighted by atomic mass is 10.0. The van der Waals surface area contributed by atoms with Crippen LogP contribution in [0.25, 0.3) is 0 Å². The van der Waals surface area contributed by atoms with Gasteiger partial charge in [-0.3, -0.25) is 4.79 Å². The molecule has 3 aromatic rings. The van der Waals surface area contributed by atoms with Crippen molar-refractivity contribution in [1.82, 2.24) is 25.9 Å². The first-order valence-electron chi connectivity index (χ1n) is 7.56. The van der Waals surface area contributed by atoms with Crippen LogP contribution in [0.1, 0.15) is 28.6 Å². The zero-order valence-electron chi connectivity index (χ0n) is 13.3. The number of benzene rings is 2. The minimum Gasteiger partial charge on any atom is -0.341 e. The Balaban J connectivity index is 1.84. The van der Waals surface area contributed by atoms with Crippen LogP contribution in [0, 0.1) is 18.6 Å². The van der Waals surface area contributed by atoms with E-state index in [0.717, 1.165) is 29.3 Å². The van der Waals surface area contributed by atoms with Crippen molar-refractivity contribution in [2.45, 2.75) is 19.4 Å². The predicted molar refractivity (Wildman–Crippen MR) is 85.4 cm³/mol. The third kappa shape index (κ3) is 4.03. The van der Waals surface area contributed by atoms with E-state index in [-0.39, 0.29) is 23.7 Å². The molecule has 128 valence electrons. The SMILES string of the molecule is Cc1ccc(CC(=O)NC(c2nn[nH]n2)c2cc(F)ccc2F)cc1. The molecule has 0 spiro atoms. The summed E-state index contributed by atoms with van der Waals surface area (Å²) in [4.78, 5) is 12.4. The van der Waals surface area contributed by atoms with Crippen molar-refractivity contribution in [1.29, 1.82) is 0 Å². The standard InChI is InChI=1S/C17H15F2N5O/c1-10-2-4-11(5-3-10)8-15(25)20-16(17-21-23-24-22-17)13-9-12(18)6-7-14(13)19/h2-7,9,16H,8H2,1H3,(H,20,25)(H,21,22,23,24). The van der Waals surface area contributed by atoms with Crippen LogP contribution >= 0.6 is 0 Å². The van der Waals surface area contributed by atoms with Gasteiger partial charge >= 0.3 is 0 Å². The van der Waals surface area contributed by atoms with Gasteiger partial charge in [0.05, 0.1) is 6.42 Å². The molecule has 25 heavy (non-hydrogen) atoms. The molecule has 0 bridgehead atoms. The average Bonchev–Trinajstić information content (AvgIpc) is 3.11. The number of aryl methyl sites for hydroxylation is 1. The van der Waals surface area contributed by atoms with Gasteiger partial charge in [-0.2, -0.15) is 5.21 Å². The summed E-state index contributed by atoms with van der Waals surface area (Å²) in [7, 11) is 0. The van der Waals surface area contributed by atoms with E-state index in [1.807, 2.05) is 31.2 Å². The number of rotatable bonds is 5. The Morgan fingerprint density at radius 2 is 1.96 bits per heavy atom. The smallest absolute Gasteiger partial charge is 0.225 e. The minimum atomic E-state index is -1.05. The van der Waals surface area contributed by atoms with Gasteiger partial charge in [0.25, 0.3) is 0 Å². The van der Waals surface area contributed by atoms with Crippen molar-refractivity contribution in [2.24, 2.45) is 0 Å². The molecule has 0 aliphatic rings. The van der Waals surface area contributed by atoms with Crippen LogP contribution in [0.3, 0.4) is 0 Å². The molecule has 1 atom stereocenters. The Kier molecular flexibility index (Phi) is 4.78. The van der Waals surface area contributed by atoms with E-state index in [1.165, 1.54) is 0 Å². The van der Waals surface area contributed by atoms with Crippen LogP contribution in [0.4, 0.5) is 8.78 Å². The number of amides is 1. The quantitative estimate of drug-likeness (QED) is 0.744.